The van der Waals surface area contributed by atoms with Crippen molar-refractivity contribution in [1.82, 2.24) is 0 Å². The number of anilines is 1. The van der Waals surface area contributed by atoms with Crippen molar-refractivity contribution in [1.29, 1.82) is 0 Å². The smallest absolute Gasteiger partial charge is 0.399 e. The molecule has 1 aliphatic rings. The van der Waals surface area contributed by atoms with E-state index in [1.165, 1.54) is 6.07 Å². The molecule has 2 rings (SSSR count). The third-order valence-corrected chi connectivity index (χ3v) is 3.88. The summed E-state index contributed by atoms with van der Waals surface area (Å²) in [6, 6.07) is 4.68. The zero-order valence-electron chi connectivity index (χ0n) is 11.0. The molecule has 1 heterocycles. The van der Waals surface area contributed by atoms with E-state index in [1.54, 1.807) is 12.1 Å². The maximum absolute atomic E-state index is 13.4. The number of halogens is 1. The van der Waals surface area contributed by atoms with Gasteiger partial charge in [0.25, 0.3) is 0 Å². The van der Waals surface area contributed by atoms with Gasteiger partial charge in [0.15, 0.2) is 0 Å². The van der Waals surface area contributed by atoms with Crippen LogP contribution in [0.4, 0.5) is 10.1 Å². The highest BCUT2D eigenvalue weighted by Crippen LogP contribution is 2.36. The van der Waals surface area contributed by atoms with Gasteiger partial charge in [-0.2, -0.15) is 0 Å². The summed E-state index contributed by atoms with van der Waals surface area (Å²) in [7, 11) is -0.490. The van der Waals surface area contributed by atoms with Gasteiger partial charge in [0, 0.05) is 0 Å². The molecule has 3 nitrogen and oxygen atoms in total. The molecule has 1 aromatic rings. The van der Waals surface area contributed by atoms with Gasteiger partial charge in [-0.25, -0.2) is 4.39 Å². The van der Waals surface area contributed by atoms with Crippen LogP contribution in [-0.2, 0) is 9.31 Å². The Bertz CT molecular complexity index is 451. The van der Waals surface area contributed by atoms with Crippen molar-refractivity contribution in [3.05, 3.63) is 24.0 Å². The highest BCUT2D eigenvalue weighted by atomic mass is 32.1. The minimum atomic E-state index is -0.490. The summed E-state index contributed by atoms with van der Waals surface area (Å²) in [6.07, 6.45) is 0. The minimum absolute atomic E-state index is 0.311. The van der Waals surface area contributed by atoms with Crippen LogP contribution in [0.15, 0.2) is 18.2 Å². The fourth-order valence-corrected chi connectivity index (χ4v) is 1.93. The third-order valence-electron chi connectivity index (χ3n) is 3.64. The quantitative estimate of drug-likeness (QED) is 0.638. The van der Waals surface area contributed by atoms with Crippen LogP contribution in [0, 0.1) is 5.82 Å². The van der Waals surface area contributed by atoms with Crippen molar-refractivity contribution in [3.63, 3.8) is 0 Å². The summed E-state index contributed by atoms with van der Waals surface area (Å²) in [5.41, 5.74) is 0.276. The molecule has 0 atom stereocenters. The average molecular weight is 269 g/mol. The van der Waals surface area contributed by atoms with Gasteiger partial charge in [-0.3, -0.25) is 0 Å². The fraction of sp³-hybridized carbons (Fsp3) is 0.500. The average Bonchev–Trinajstić information content (AvgIpc) is 2.49. The van der Waals surface area contributed by atoms with Gasteiger partial charge in [-0.1, -0.05) is 18.9 Å². The number of benzene rings is 1. The SMILES string of the molecule is CC1(C)OB(c2ccc(F)c(NS)c2)OC1(C)C. The van der Waals surface area contributed by atoms with Gasteiger partial charge in [0.2, 0.25) is 0 Å². The number of nitrogens with one attached hydrogen (secondary N) is 1. The number of rotatable bonds is 2. The van der Waals surface area contributed by atoms with E-state index in [9.17, 15) is 4.39 Å². The van der Waals surface area contributed by atoms with Crippen LogP contribution >= 0.6 is 12.8 Å². The van der Waals surface area contributed by atoms with Crippen molar-refractivity contribution in [2.45, 2.75) is 38.9 Å². The molecule has 18 heavy (non-hydrogen) atoms. The minimum Gasteiger partial charge on any atom is -0.399 e. The van der Waals surface area contributed by atoms with Crippen LogP contribution in [0.3, 0.4) is 0 Å². The molecule has 1 fully saturated rings. The predicted molar refractivity (Wildman–Crippen MR) is 74.7 cm³/mol. The molecule has 0 spiro atoms. The second kappa shape index (κ2) is 4.44. The molecule has 1 N–H and O–H groups in total. The maximum Gasteiger partial charge on any atom is 0.494 e. The Morgan fingerprint density at radius 1 is 1.17 bits per heavy atom. The Hall–Kier alpha value is -0.715. The normalized spacial score (nSPS) is 21.1. The third kappa shape index (κ3) is 2.24. The van der Waals surface area contributed by atoms with E-state index in [0.29, 0.717) is 5.69 Å². The zero-order valence-corrected chi connectivity index (χ0v) is 11.8. The zero-order chi connectivity index (χ0) is 13.6. The molecule has 0 aromatic heterocycles. The van der Waals surface area contributed by atoms with Gasteiger partial charge in [-0.15, -0.1) is 0 Å². The summed E-state index contributed by atoms with van der Waals surface area (Å²) in [6.45, 7) is 7.92. The molecule has 98 valence electrons. The van der Waals surface area contributed by atoms with Crippen LogP contribution in [0.5, 0.6) is 0 Å². The number of thiol groups is 1. The van der Waals surface area contributed by atoms with Crippen LogP contribution in [-0.4, -0.2) is 18.3 Å². The molecule has 1 saturated heterocycles. The Balaban J connectivity index is 2.30. The van der Waals surface area contributed by atoms with Crippen LogP contribution < -0.4 is 10.2 Å². The number of hydrogen-bond donors (Lipinski definition) is 2. The monoisotopic (exact) mass is 269 g/mol. The van der Waals surface area contributed by atoms with E-state index >= 15 is 0 Å². The maximum atomic E-state index is 13.4. The van der Waals surface area contributed by atoms with Crippen LogP contribution in [0.25, 0.3) is 0 Å². The Morgan fingerprint density at radius 2 is 1.72 bits per heavy atom. The Kier molecular flexibility index (Phi) is 3.38. The van der Waals surface area contributed by atoms with Gasteiger partial charge in [0.05, 0.1) is 16.9 Å². The van der Waals surface area contributed by atoms with Crippen molar-refractivity contribution in [3.8, 4) is 0 Å². The largest absolute Gasteiger partial charge is 0.494 e. The van der Waals surface area contributed by atoms with Gasteiger partial charge >= 0.3 is 7.12 Å². The topological polar surface area (TPSA) is 30.5 Å². The molecular formula is C12H17BFNO2S. The first-order valence-electron chi connectivity index (χ1n) is 5.82. The van der Waals surface area contributed by atoms with Crippen molar-refractivity contribution >= 4 is 31.1 Å². The summed E-state index contributed by atoms with van der Waals surface area (Å²) in [5, 5.41) is 0. The van der Waals surface area contributed by atoms with Crippen molar-refractivity contribution < 1.29 is 13.7 Å². The van der Waals surface area contributed by atoms with Crippen LogP contribution in [0.2, 0.25) is 0 Å². The molecule has 1 aromatic carbocycles. The van der Waals surface area contributed by atoms with Crippen LogP contribution in [0.1, 0.15) is 27.7 Å². The highest BCUT2D eigenvalue weighted by Gasteiger charge is 2.51. The first-order chi connectivity index (χ1) is 8.27. The molecule has 6 heteroatoms. The summed E-state index contributed by atoms with van der Waals surface area (Å²) in [4.78, 5) is 0. The van der Waals surface area contributed by atoms with Gasteiger partial charge in [0.1, 0.15) is 5.82 Å². The molecule has 0 saturated carbocycles. The Labute approximate surface area is 113 Å². The summed E-state index contributed by atoms with van der Waals surface area (Å²) in [5.74, 6) is -0.356. The molecule has 0 bridgehead atoms. The van der Waals surface area contributed by atoms with Crippen molar-refractivity contribution in [2.75, 3.05) is 4.72 Å². The van der Waals surface area contributed by atoms with Gasteiger partial charge in [-0.05, 0) is 45.3 Å². The number of hydrogen-bond acceptors (Lipinski definition) is 4. The predicted octanol–water partition coefficient (Wildman–Crippen LogP) is 2.38. The highest BCUT2D eigenvalue weighted by molar-refractivity contribution is 7.81. The van der Waals surface area contributed by atoms with E-state index in [0.717, 1.165) is 5.46 Å². The fourth-order valence-electron chi connectivity index (χ4n) is 1.75. The van der Waals surface area contributed by atoms with E-state index in [1.807, 2.05) is 27.7 Å². The lowest BCUT2D eigenvalue weighted by Gasteiger charge is -2.32. The second-order valence-electron chi connectivity index (χ2n) is 5.44. The molecule has 0 radical (unpaired) electrons. The summed E-state index contributed by atoms with van der Waals surface area (Å²) >= 11 is 3.87. The van der Waals surface area contributed by atoms with Crippen molar-refractivity contribution in [2.24, 2.45) is 0 Å². The molecule has 0 amide bonds. The first kappa shape index (κ1) is 13.7. The lowest BCUT2D eigenvalue weighted by molar-refractivity contribution is 0.00578. The molecular weight excluding hydrogens is 252 g/mol. The molecule has 1 aliphatic heterocycles. The van der Waals surface area contributed by atoms with E-state index in [2.05, 4.69) is 17.5 Å². The van der Waals surface area contributed by atoms with E-state index in [-0.39, 0.29) is 5.82 Å². The summed E-state index contributed by atoms with van der Waals surface area (Å²) < 4.78 is 27.7. The Morgan fingerprint density at radius 3 is 2.22 bits per heavy atom. The second-order valence-corrected chi connectivity index (χ2v) is 5.66. The van der Waals surface area contributed by atoms with E-state index in [4.69, 9.17) is 9.31 Å². The van der Waals surface area contributed by atoms with Gasteiger partial charge < -0.3 is 14.0 Å². The molecule has 0 aliphatic carbocycles. The first-order valence-corrected chi connectivity index (χ1v) is 6.27. The molecule has 0 unspecified atom stereocenters. The van der Waals surface area contributed by atoms with E-state index < -0.39 is 18.3 Å². The lowest BCUT2D eigenvalue weighted by atomic mass is 9.79. The standard InChI is InChI=1S/C12H17BFNO2S/c1-11(2)12(3,4)17-13(16-11)8-5-6-9(14)10(7-8)15-18/h5-7,15,18H,1-4H3. The lowest BCUT2D eigenvalue weighted by Crippen LogP contribution is -2.41.